The maximum Gasteiger partial charge on any atom is 0.0600 e. The van der Waals surface area contributed by atoms with Crippen LogP contribution in [0.3, 0.4) is 0 Å². The third kappa shape index (κ3) is 2.44. The molecule has 1 saturated carbocycles. The third-order valence-electron chi connectivity index (χ3n) is 3.51. The Kier molecular flexibility index (Phi) is 3.36. The van der Waals surface area contributed by atoms with E-state index in [4.69, 9.17) is 4.74 Å². The van der Waals surface area contributed by atoms with Crippen LogP contribution in [0.1, 0.15) is 34.1 Å². The molecule has 0 radical (unpaired) electrons. The number of hydrogen-bond donors (Lipinski definition) is 1. The van der Waals surface area contributed by atoms with Crippen molar-refractivity contribution in [3.63, 3.8) is 0 Å². The predicted molar refractivity (Wildman–Crippen MR) is 55.8 cm³/mol. The lowest BCUT2D eigenvalue weighted by Crippen LogP contribution is -2.29. The van der Waals surface area contributed by atoms with Gasteiger partial charge in [-0.3, -0.25) is 0 Å². The molecule has 0 aromatic heterocycles. The first-order valence-electron chi connectivity index (χ1n) is 5.27. The van der Waals surface area contributed by atoms with Crippen LogP contribution in [-0.2, 0) is 4.74 Å². The first-order valence-corrected chi connectivity index (χ1v) is 5.27. The highest BCUT2D eigenvalue weighted by atomic mass is 16.5. The Morgan fingerprint density at radius 2 is 2.08 bits per heavy atom. The maximum absolute atomic E-state index is 5.39. The Bertz CT molecular complexity index is 169. The van der Waals surface area contributed by atoms with E-state index in [9.17, 15) is 0 Å². The summed E-state index contributed by atoms with van der Waals surface area (Å²) in [5.74, 6) is 0.810. The molecule has 2 heteroatoms. The number of nitrogens with one attached hydrogen (secondary N) is 1. The molecule has 0 spiro atoms. The summed E-state index contributed by atoms with van der Waals surface area (Å²) < 4.78 is 5.39. The van der Waals surface area contributed by atoms with Gasteiger partial charge in [-0.05, 0) is 31.2 Å². The van der Waals surface area contributed by atoms with Crippen LogP contribution >= 0.6 is 0 Å². The molecule has 1 aliphatic rings. The quantitative estimate of drug-likeness (QED) is 0.708. The van der Waals surface area contributed by atoms with E-state index >= 15 is 0 Å². The molecule has 13 heavy (non-hydrogen) atoms. The summed E-state index contributed by atoms with van der Waals surface area (Å²) in [5.41, 5.74) is 0.427. The fourth-order valence-electron chi connectivity index (χ4n) is 1.92. The van der Waals surface area contributed by atoms with Gasteiger partial charge in [0.1, 0.15) is 0 Å². The lowest BCUT2D eigenvalue weighted by molar-refractivity contribution is 0.0550. The lowest BCUT2D eigenvalue weighted by atomic mass is 10.00. The molecule has 3 atom stereocenters. The summed E-state index contributed by atoms with van der Waals surface area (Å²) in [6, 6.07) is 0.600. The molecule has 0 heterocycles. The van der Waals surface area contributed by atoms with Crippen molar-refractivity contribution in [3.05, 3.63) is 0 Å². The normalized spacial score (nSPS) is 35.1. The van der Waals surface area contributed by atoms with E-state index in [-0.39, 0.29) is 0 Å². The monoisotopic (exact) mass is 185 g/mol. The molecule has 0 amide bonds. The fourth-order valence-corrected chi connectivity index (χ4v) is 1.92. The van der Waals surface area contributed by atoms with E-state index in [0.29, 0.717) is 17.6 Å². The van der Waals surface area contributed by atoms with Crippen molar-refractivity contribution in [3.8, 4) is 0 Å². The van der Waals surface area contributed by atoms with Crippen LogP contribution in [0.25, 0.3) is 0 Å². The highest BCUT2D eigenvalue weighted by Gasteiger charge is 2.53. The molecule has 0 aliphatic heterocycles. The molecular weight excluding hydrogens is 162 g/mol. The third-order valence-corrected chi connectivity index (χ3v) is 3.51. The van der Waals surface area contributed by atoms with Crippen LogP contribution in [0.2, 0.25) is 0 Å². The van der Waals surface area contributed by atoms with Gasteiger partial charge in [0, 0.05) is 13.2 Å². The van der Waals surface area contributed by atoms with Crippen LogP contribution in [0, 0.1) is 11.3 Å². The molecule has 0 bridgehead atoms. The topological polar surface area (TPSA) is 21.3 Å². The SMILES string of the molecule is COC(C)C1(C)CC1CNC(C)C. The van der Waals surface area contributed by atoms with Crippen LogP contribution in [0.4, 0.5) is 0 Å². The zero-order valence-corrected chi connectivity index (χ0v) is 9.55. The highest BCUT2D eigenvalue weighted by Crippen LogP contribution is 2.55. The van der Waals surface area contributed by atoms with Crippen molar-refractivity contribution in [2.24, 2.45) is 11.3 Å². The summed E-state index contributed by atoms with van der Waals surface area (Å²) in [4.78, 5) is 0. The predicted octanol–water partition coefficient (Wildman–Crippen LogP) is 2.05. The number of hydrogen-bond acceptors (Lipinski definition) is 2. The second-order valence-corrected chi connectivity index (χ2v) is 4.85. The molecule has 0 aromatic carbocycles. The van der Waals surface area contributed by atoms with Crippen molar-refractivity contribution >= 4 is 0 Å². The number of ether oxygens (including phenoxy) is 1. The van der Waals surface area contributed by atoms with Gasteiger partial charge in [0.15, 0.2) is 0 Å². The van der Waals surface area contributed by atoms with E-state index in [2.05, 4.69) is 33.0 Å². The molecule has 78 valence electrons. The van der Waals surface area contributed by atoms with Crippen molar-refractivity contribution in [1.82, 2.24) is 5.32 Å². The van der Waals surface area contributed by atoms with E-state index < -0.39 is 0 Å². The zero-order valence-electron chi connectivity index (χ0n) is 9.55. The zero-order chi connectivity index (χ0) is 10.1. The van der Waals surface area contributed by atoms with Gasteiger partial charge >= 0.3 is 0 Å². The summed E-state index contributed by atoms with van der Waals surface area (Å²) in [6.07, 6.45) is 1.70. The van der Waals surface area contributed by atoms with Gasteiger partial charge in [0.25, 0.3) is 0 Å². The van der Waals surface area contributed by atoms with Crippen molar-refractivity contribution in [1.29, 1.82) is 0 Å². The first-order chi connectivity index (χ1) is 6.00. The fraction of sp³-hybridized carbons (Fsp3) is 1.00. The van der Waals surface area contributed by atoms with Gasteiger partial charge in [0.2, 0.25) is 0 Å². The maximum atomic E-state index is 5.39. The Morgan fingerprint density at radius 1 is 1.46 bits per heavy atom. The average Bonchev–Trinajstić information content (AvgIpc) is 2.74. The molecule has 1 N–H and O–H groups in total. The molecule has 2 nitrogen and oxygen atoms in total. The molecule has 1 aliphatic carbocycles. The summed E-state index contributed by atoms with van der Waals surface area (Å²) in [5, 5.41) is 3.49. The number of methoxy groups -OCH3 is 1. The minimum Gasteiger partial charge on any atom is -0.381 e. The van der Waals surface area contributed by atoms with E-state index in [1.165, 1.54) is 6.42 Å². The van der Waals surface area contributed by atoms with E-state index in [0.717, 1.165) is 12.5 Å². The molecule has 0 saturated heterocycles. The summed E-state index contributed by atoms with van der Waals surface area (Å²) in [7, 11) is 1.81. The van der Waals surface area contributed by atoms with Gasteiger partial charge in [-0.15, -0.1) is 0 Å². The average molecular weight is 185 g/mol. The summed E-state index contributed by atoms with van der Waals surface area (Å²) >= 11 is 0. The van der Waals surface area contributed by atoms with Crippen molar-refractivity contribution in [2.45, 2.75) is 46.3 Å². The standard InChI is InChI=1S/C11H23NO/c1-8(2)12-7-10-6-11(10,4)9(3)13-5/h8-10,12H,6-7H2,1-5H3. The van der Waals surface area contributed by atoms with Crippen molar-refractivity contribution < 1.29 is 4.74 Å². The van der Waals surface area contributed by atoms with Crippen LogP contribution in [0.5, 0.6) is 0 Å². The molecular formula is C11H23NO. The Labute approximate surface area is 82.0 Å². The molecule has 0 aromatic rings. The Balaban J connectivity index is 2.27. The van der Waals surface area contributed by atoms with Gasteiger partial charge < -0.3 is 10.1 Å². The second kappa shape index (κ2) is 3.97. The van der Waals surface area contributed by atoms with Crippen LogP contribution < -0.4 is 5.32 Å². The molecule has 1 rings (SSSR count). The minimum atomic E-state index is 0.395. The highest BCUT2D eigenvalue weighted by molar-refractivity contribution is 5.03. The van der Waals surface area contributed by atoms with Gasteiger partial charge in [-0.1, -0.05) is 20.8 Å². The lowest BCUT2D eigenvalue weighted by Gasteiger charge is -2.19. The minimum absolute atomic E-state index is 0.395. The van der Waals surface area contributed by atoms with Gasteiger partial charge in [-0.25, -0.2) is 0 Å². The van der Waals surface area contributed by atoms with Gasteiger partial charge in [0.05, 0.1) is 6.10 Å². The van der Waals surface area contributed by atoms with E-state index in [1.54, 1.807) is 7.11 Å². The molecule has 3 unspecified atom stereocenters. The van der Waals surface area contributed by atoms with Crippen LogP contribution in [-0.4, -0.2) is 25.8 Å². The largest absolute Gasteiger partial charge is 0.381 e. The van der Waals surface area contributed by atoms with Gasteiger partial charge in [-0.2, -0.15) is 0 Å². The summed E-state index contributed by atoms with van der Waals surface area (Å²) in [6.45, 7) is 10.0. The first kappa shape index (κ1) is 11.0. The Hall–Kier alpha value is -0.0800. The van der Waals surface area contributed by atoms with Crippen molar-refractivity contribution in [2.75, 3.05) is 13.7 Å². The smallest absolute Gasteiger partial charge is 0.0600 e. The number of rotatable bonds is 5. The van der Waals surface area contributed by atoms with E-state index in [1.807, 2.05) is 0 Å². The molecule has 1 fully saturated rings. The van der Waals surface area contributed by atoms with Crippen LogP contribution in [0.15, 0.2) is 0 Å². The Morgan fingerprint density at radius 3 is 2.54 bits per heavy atom. The second-order valence-electron chi connectivity index (χ2n) is 4.85.